The van der Waals surface area contributed by atoms with Crippen molar-refractivity contribution in [3.8, 4) is 17.2 Å². The number of benzene rings is 2. The number of thiophene rings is 1. The van der Waals surface area contributed by atoms with E-state index in [0.29, 0.717) is 6.61 Å². The second-order valence-corrected chi connectivity index (χ2v) is 5.91. The number of hydrogen-bond donors (Lipinski definition) is 0. The third-order valence-electron chi connectivity index (χ3n) is 2.89. The molecule has 0 atom stereocenters. The van der Waals surface area contributed by atoms with Crippen LogP contribution in [0.3, 0.4) is 0 Å². The van der Waals surface area contributed by atoms with Crippen LogP contribution in [0.5, 0.6) is 17.2 Å². The predicted octanol–water partition coefficient (Wildman–Crippen LogP) is 5.77. The van der Waals surface area contributed by atoms with Gasteiger partial charge in [-0.3, -0.25) is 0 Å². The first-order valence-corrected chi connectivity index (χ1v) is 7.75. The van der Waals surface area contributed by atoms with Gasteiger partial charge in [-0.15, -0.1) is 11.3 Å². The van der Waals surface area contributed by atoms with E-state index in [4.69, 9.17) is 21.1 Å². The first kappa shape index (κ1) is 14.0. The van der Waals surface area contributed by atoms with Crippen LogP contribution >= 0.6 is 22.9 Å². The maximum absolute atomic E-state index is 6.04. The van der Waals surface area contributed by atoms with Crippen molar-refractivity contribution < 1.29 is 9.47 Å². The molecule has 0 spiro atoms. The van der Waals surface area contributed by atoms with Gasteiger partial charge in [0.15, 0.2) is 0 Å². The maximum Gasteiger partial charge on any atom is 0.127 e. The highest BCUT2D eigenvalue weighted by atomic mass is 35.5. The summed E-state index contributed by atoms with van der Waals surface area (Å²) in [4.78, 5) is 0. The highest BCUT2D eigenvalue weighted by Gasteiger charge is 2.03. The van der Waals surface area contributed by atoms with Crippen LogP contribution in [0.2, 0.25) is 4.34 Å². The molecule has 0 amide bonds. The highest BCUT2D eigenvalue weighted by Crippen LogP contribution is 2.26. The molecule has 3 aromatic rings. The van der Waals surface area contributed by atoms with Gasteiger partial charge in [-0.05, 0) is 47.8 Å². The monoisotopic (exact) mass is 316 g/mol. The molecule has 1 heterocycles. The van der Waals surface area contributed by atoms with Crippen molar-refractivity contribution in [2.45, 2.75) is 6.61 Å². The van der Waals surface area contributed by atoms with Crippen LogP contribution in [-0.4, -0.2) is 0 Å². The van der Waals surface area contributed by atoms with Crippen LogP contribution < -0.4 is 9.47 Å². The summed E-state index contributed by atoms with van der Waals surface area (Å²) in [5.41, 5.74) is 1.01. The normalized spacial score (nSPS) is 10.3. The van der Waals surface area contributed by atoms with E-state index in [2.05, 4.69) is 0 Å². The fourth-order valence-corrected chi connectivity index (χ4v) is 2.71. The Labute approximate surface area is 132 Å². The Kier molecular flexibility index (Phi) is 4.43. The van der Waals surface area contributed by atoms with Crippen LogP contribution in [-0.2, 0) is 6.61 Å². The van der Waals surface area contributed by atoms with Gasteiger partial charge in [0.25, 0.3) is 0 Å². The zero-order valence-corrected chi connectivity index (χ0v) is 12.7. The fourth-order valence-electron chi connectivity index (χ4n) is 1.81. The molecule has 0 N–H and O–H groups in total. The van der Waals surface area contributed by atoms with Gasteiger partial charge < -0.3 is 9.47 Å². The van der Waals surface area contributed by atoms with Crippen molar-refractivity contribution in [2.75, 3.05) is 0 Å². The van der Waals surface area contributed by atoms with E-state index >= 15 is 0 Å². The van der Waals surface area contributed by atoms with Gasteiger partial charge in [0.2, 0.25) is 0 Å². The predicted molar refractivity (Wildman–Crippen MR) is 86.6 cm³/mol. The number of halogens is 1. The molecule has 1 aromatic heterocycles. The summed E-state index contributed by atoms with van der Waals surface area (Å²) >= 11 is 7.55. The van der Waals surface area contributed by atoms with Crippen LogP contribution in [0.1, 0.15) is 5.56 Å². The third-order valence-corrected chi connectivity index (χ3v) is 4.14. The van der Waals surface area contributed by atoms with Gasteiger partial charge in [-0.25, -0.2) is 0 Å². The van der Waals surface area contributed by atoms with Gasteiger partial charge in [0.05, 0.1) is 4.34 Å². The Balaban J connectivity index is 1.60. The van der Waals surface area contributed by atoms with Crippen LogP contribution in [0, 0.1) is 0 Å². The average Bonchev–Trinajstić information content (AvgIpc) is 2.93. The van der Waals surface area contributed by atoms with Crippen molar-refractivity contribution in [2.24, 2.45) is 0 Å². The summed E-state index contributed by atoms with van der Waals surface area (Å²) in [6.07, 6.45) is 0. The van der Waals surface area contributed by atoms with Crippen LogP contribution in [0.25, 0.3) is 0 Å². The van der Waals surface area contributed by atoms with Crippen molar-refractivity contribution in [1.29, 1.82) is 0 Å². The number of rotatable bonds is 5. The number of para-hydroxylation sites is 1. The lowest BCUT2D eigenvalue weighted by molar-refractivity contribution is 0.306. The van der Waals surface area contributed by atoms with Gasteiger partial charge in [0.1, 0.15) is 23.9 Å². The second-order valence-electron chi connectivity index (χ2n) is 4.39. The minimum atomic E-state index is 0.473. The SMILES string of the molecule is Clc1sccc1COc1ccc(Oc2ccccc2)cc1. The fraction of sp³-hybridized carbons (Fsp3) is 0.0588. The topological polar surface area (TPSA) is 18.5 Å². The molecule has 0 saturated heterocycles. The minimum Gasteiger partial charge on any atom is -0.489 e. The first-order chi connectivity index (χ1) is 10.3. The van der Waals surface area contributed by atoms with E-state index in [0.717, 1.165) is 27.1 Å². The largest absolute Gasteiger partial charge is 0.489 e. The lowest BCUT2D eigenvalue weighted by Crippen LogP contribution is -1.94. The molecule has 3 rings (SSSR count). The molecule has 0 aliphatic heterocycles. The maximum atomic E-state index is 6.04. The summed E-state index contributed by atoms with van der Waals surface area (Å²) in [7, 11) is 0. The Bertz CT molecular complexity index is 692. The van der Waals surface area contributed by atoms with E-state index in [9.17, 15) is 0 Å². The van der Waals surface area contributed by atoms with E-state index in [1.54, 1.807) is 0 Å². The molecule has 2 aromatic carbocycles. The molecule has 106 valence electrons. The Hall–Kier alpha value is -1.97. The second kappa shape index (κ2) is 6.66. The van der Waals surface area contributed by atoms with Crippen LogP contribution in [0.4, 0.5) is 0 Å². The highest BCUT2D eigenvalue weighted by molar-refractivity contribution is 7.14. The summed E-state index contributed by atoms with van der Waals surface area (Å²) in [5, 5.41) is 1.96. The molecule has 0 unspecified atom stereocenters. The molecule has 0 aliphatic rings. The smallest absolute Gasteiger partial charge is 0.127 e. The number of ether oxygens (including phenoxy) is 2. The quantitative estimate of drug-likeness (QED) is 0.594. The molecule has 0 bridgehead atoms. The van der Waals surface area contributed by atoms with Crippen molar-refractivity contribution in [3.05, 3.63) is 75.9 Å². The van der Waals surface area contributed by atoms with Crippen molar-refractivity contribution in [1.82, 2.24) is 0 Å². The van der Waals surface area contributed by atoms with E-state index in [-0.39, 0.29) is 0 Å². The molecule has 0 radical (unpaired) electrons. The molecular weight excluding hydrogens is 304 g/mol. The Morgan fingerprint density at radius 3 is 2.14 bits per heavy atom. The molecule has 4 heteroatoms. The summed E-state index contributed by atoms with van der Waals surface area (Å²) in [6, 6.07) is 19.2. The lowest BCUT2D eigenvalue weighted by Gasteiger charge is -2.08. The van der Waals surface area contributed by atoms with Gasteiger partial charge >= 0.3 is 0 Å². The van der Waals surface area contributed by atoms with Gasteiger partial charge in [-0.1, -0.05) is 29.8 Å². The summed E-state index contributed by atoms with van der Waals surface area (Å²) in [6.45, 7) is 0.473. The molecule has 21 heavy (non-hydrogen) atoms. The zero-order valence-electron chi connectivity index (χ0n) is 11.2. The summed E-state index contributed by atoms with van der Waals surface area (Å²) in [5.74, 6) is 2.39. The molecule has 0 aliphatic carbocycles. The Morgan fingerprint density at radius 2 is 1.48 bits per heavy atom. The summed E-state index contributed by atoms with van der Waals surface area (Å²) < 4.78 is 12.2. The van der Waals surface area contributed by atoms with E-state index < -0.39 is 0 Å². The average molecular weight is 317 g/mol. The number of hydrogen-bond acceptors (Lipinski definition) is 3. The van der Waals surface area contributed by atoms with E-state index in [1.165, 1.54) is 11.3 Å². The molecule has 0 saturated carbocycles. The van der Waals surface area contributed by atoms with E-state index in [1.807, 2.05) is 66.0 Å². The third kappa shape index (κ3) is 3.78. The zero-order chi connectivity index (χ0) is 14.5. The Morgan fingerprint density at radius 1 is 0.810 bits per heavy atom. The van der Waals surface area contributed by atoms with Crippen molar-refractivity contribution in [3.63, 3.8) is 0 Å². The lowest BCUT2D eigenvalue weighted by atomic mass is 10.3. The van der Waals surface area contributed by atoms with Crippen molar-refractivity contribution >= 4 is 22.9 Å². The molecule has 0 fully saturated rings. The minimum absolute atomic E-state index is 0.473. The standard InChI is InChI=1S/C17H13ClO2S/c18-17-13(10-11-21-17)12-19-14-6-8-16(9-7-14)20-15-4-2-1-3-5-15/h1-11H,12H2. The van der Waals surface area contributed by atoms with Gasteiger partial charge in [0, 0.05) is 5.56 Å². The molecule has 2 nitrogen and oxygen atoms in total. The van der Waals surface area contributed by atoms with Gasteiger partial charge in [-0.2, -0.15) is 0 Å². The molecular formula is C17H13ClO2S. The first-order valence-electron chi connectivity index (χ1n) is 6.49. The van der Waals surface area contributed by atoms with Crippen LogP contribution in [0.15, 0.2) is 66.0 Å².